The Labute approximate surface area is 143 Å². The molecule has 6 heteroatoms. The number of amides is 1. The molecule has 0 saturated carbocycles. The molecular formula is C19H12N2O4. The highest BCUT2D eigenvalue weighted by atomic mass is 16.7. The lowest BCUT2D eigenvalue weighted by Gasteiger charge is -2.18. The fourth-order valence-electron chi connectivity index (χ4n) is 2.86. The van der Waals surface area contributed by atoms with Crippen molar-refractivity contribution in [1.82, 2.24) is 0 Å². The first-order valence-electron chi connectivity index (χ1n) is 7.59. The Hall–Kier alpha value is -3.59. The fourth-order valence-corrected chi connectivity index (χ4v) is 2.86. The van der Waals surface area contributed by atoms with Crippen molar-refractivity contribution in [3.8, 4) is 23.3 Å². The number of rotatable bonds is 2. The average molecular weight is 332 g/mol. The monoisotopic (exact) mass is 332 g/mol. The van der Waals surface area contributed by atoms with Gasteiger partial charge in [0.25, 0.3) is 5.91 Å². The SMILES string of the molecule is N#CC1C(=O)N=C(c2ccccc2O)C=C1c1ccc2c(c1)OCO2. The first kappa shape index (κ1) is 15.0. The number of allylic oxidation sites excluding steroid dienone is 1. The summed E-state index contributed by atoms with van der Waals surface area (Å²) in [5, 5.41) is 19.4. The van der Waals surface area contributed by atoms with Gasteiger partial charge in [0, 0.05) is 5.56 Å². The van der Waals surface area contributed by atoms with Crippen LogP contribution in [-0.2, 0) is 4.79 Å². The maximum atomic E-state index is 12.3. The minimum absolute atomic E-state index is 0.0192. The molecule has 25 heavy (non-hydrogen) atoms. The number of nitrogens with zero attached hydrogens (tertiary/aromatic N) is 2. The molecule has 1 unspecified atom stereocenters. The molecule has 0 radical (unpaired) electrons. The molecular weight excluding hydrogens is 320 g/mol. The Morgan fingerprint density at radius 3 is 2.76 bits per heavy atom. The zero-order chi connectivity index (χ0) is 17.4. The van der Waals surface area contributed by atoms with E-state index < -0.39 is 11.8 Å². The number of fused-ring (bicyclic) bond motifs is 1. The van der Waals surface area contributed by atoms with Crippen molar-refractivity contribution in [1.29, 1.82) is 5.26 Å². The highest BCUT2D eigenvalue weighted by Crippen LogP contribution is 2.37. The molecule has 4 rings (SSSR count). The van der Waals surface area contributed by atoms with E-state index in [0.29, 0.717) is 33.9 Å². The van der Waals surface area contributed by atoms with E-state index in [1.54, 1.807) is 42.5 Å². The van der Waals surface area contributed by atoms with Crippen molar-refractivity contribution >= 4 is 17.2 Å². The number of ether oxygens (including phenoxy) is 2. The molecule has 0 aromatic heterocycles. The van der Waals surface area contributed by atoms with Gasteiger partial charge in [-0.25, -0.2) is 4.99 Å². The standard InChI is InChI=1S/C19H12N2O4/c20-9-14-13(11-5-6-17-18(7-11)25-10-24-17)8-15(21-19(14)23)12-3-1-2-4-16(12)22/h1-8,14,22H,10H2. The average Bonchev–Trinajstić information content (AvgIpc) is 3.09. The largest absolute Gasteiger partial charge is 0.507 e. The molecule has 122 valence electrons. The van der Waals surface area contributed by atoms with Crippen LogP contribution in [0.2, 0.25) is 0 Å². The van der Waals surface area contributed by atoms with Crippen molar-refractivity contribution in [3.63, 3.8) is 0 Å². The molecule has 1 atom stereocenters. The molecule has 0 aliphatic carbocycles. The number of carbonyl (C=O) groups is 1. The number of dihydropyridines is 1. The van der Waals surface area contributed by atoms with E-state index in [2.05, 4.69) is 4.99 Å². The number of phenols is 1. The van der Waals surface area contributed by atoms with Gasteiger partial charge in [0.2, 0.25) is 6.79 Å². The van der Waals surface area contributed by atoms with Crippen LogP contribution in [0.3, 0.4) is 0 Å². The molecule has 6 nitrogen and oxygen atoms in total. The summed E-state index contributed by atoms with van der Waals surface area (Å²) in [4.78, 5) is 16.3. The molecule has 0 spiro atoms. The quantitative estimate of drug-likeness (QED) is 0.913. The minimum atomic E-state index is -1.00. The summed E-state index contributed by atoms with van der Waals surface area (Å²) in [5.41, 5.74) is 1.94. The van der Waals surface area contributed by atoms with Crippen molar-refractivity contribution in [2.75, 3.05) is 6.79 Å². The third-order valence-corrected chi connectivity index (χ3v) is 4.10. The zero-order valence-corrected chi connectivity index (χ0v) is 13.0. The second-order valence-electron chi connectivity index (χ2n) is 5.58. The normalized spacial score (nSPS) is 18.4. The summed E-state index contributed by atoms with van der Waals surface area (Å²) in [6, 6.07) is 13.9. The smallest absolute Gasteiger partial charge is 0.268 e. The number of phenolic OH excluding ortho intramolecular Hbond substituents is 1. The summed E-state index contributed by atoms with van der Waals surface area (Å²) >= 11 is 0. The van der Waals surface area contributed by atoms with E-state index in [0.717, 1.165) is 0 Å². The van der Waals surface area contributed by atoms with Crippen molar-refractivity contribution in [2.24, 2.45) is 10.9 Å². The number of aliphatic imine (C=N–C) groups is 1. The lowest BCUT2D eigenvalue weighted by Crippen LogP contribution is -2.20. The Balaban J connectivity index is 1.84. The fraction of sp³-hybridized carbons (Fsp3) is 0.105. The highest BCUT2D eigenvalue weighted by Gasteiger charge is 2.30. The number of para-hydroxylation sites is 1. The third kappa shape index (κ3) is 2.52. The minimum Gasteiger partial charge on any atom is -0.507 e. The van der Waals surface area contributed by atoms with Gasteiger partial charge in [0.15, 0.2) is 17.4 Å². The van der Waals surface area contributed by atoms with E-state index in [1.165, 1.54) is 6.07 Å². The number of aromatic hydroxyl groups is 1. The van der Waals surface area contributed by atoms with Crippen LogP contribution in [0.1, 0.15) is 11.1 Å². The lowest BCUT2D eigenvalue weighted by atomic mass is 9.88. The number of carbonyl (C=O) groups excluding carboxylic acids is 1. The van der Waals surface area contributed by atoms with Gasteiger partial charge in [0.05, 0.1) is 11.8 Å². The molecule has 0 saturated heterocycles. The molecule has 0 bridgehead atoms. The zero-order valence-electron chi connectivity index (χ0n) is 13.0. The molecule has 2 aromatic carbocycles. The first-order chi connectivity index (χ1) is 12.2. The van der Waals surface area contributed by atoms with Crippen LogP contribution in [-0.4, -0.2) is 23.5 Å². The summed E-state index contributed by atoms with van der Waals surface area (Å²) in [7, 11) is 0. The first-order valence-corrected chi connectivity index (χ1v) is 7.59. The van der Waals surface area contributed by atoms with Crippen LogP contribution in [0.25, 0.3) is 5.57 Å². The number of benzene rings is 2. The number of hydrogen-bond donors (Lipinski definition) is 1. The Bertz CT molecular complexity index is 985. The number of nitriles is 1. The van der Waals surface area contributed by atoms with E-state index >= 15 is 0 Å². The van der Waals surface area contributed by atoms with Gasteiger partial charge in [-0.05, 0) is 41.5 Å². The Morgan fingerprint density at radius 2 is 1.96 bits per heavy atom. The van der Waals surface area contributed by atoms with Gasteiger partial charge in [-0.15, -0.1) is 0 Å². The summed E-state index contributed by atoms with van der Waals surface area (Å²) < 4.78 is 10.7. The van der Waals surface area contributed by atoms with Crippen LogP contribution < -0.4 is 9.47 Å². The molecule has 2 aliphatic heterocycles. The van der Waals surface area contributed by atoms with Gasteiger partial charge in [-0.3, -0.25) is 4.79 Å². The summed E-state index contributed by atoms with van der Waals surface area (Å²) in [6.45, 7) is 0.142. The van der Waals surface area contributed by atoms with Crippen LogP contribution in [0.4, 0.5) is 0 Å². The van der Waals surface area contributed by atoms with Crippen LogP contribution in [0.15, 0.2) is 53.5 Å². The predicted octanol–water partition coefficient (Wildman–Crippen LogP) is 2.67. The van der Waals surface area contributed by atoms with Gasteiger partial charge in [-0.1, -0.05) is 18.2 Å². The third-order valence-electron chi connectivity index (χ3n) is 4.10. The lowest BCUT2D eigenvalue weighted by molar-refractivity contribution is -0.118. The Morgan fingerprint density at radius 1 is 1.16 bits per heavy atom. The molecule has 1 N–H and O–H groups in total. The molecule has 1 amide bonds. The van der Waals surface area contributed by atoms with E-state index in [9.17, 15) is 15.2 Å². The van der Waals surface area contributed by atoms with E-state index in [4.69, 9.17) is 9.47 Å². The molecule has 2 aromatic rings. The highest BCUT2D eigenvalue weighted by molar-refractivity contribution is 6.22. The van der Waals surface area contributed by atoms with Crippen molar-refractivity contribution in [2.45, 2.75) is 0 Å². The van der Waals surface area contributed by atoms with E-state index in [1.807, 2.05) is 6.07 Å². The molecule has 0 fully saturated rings. The van der Waals surface area contributed by atoms with Gasteiger partial charge < -0.3 is 14.6 Å². The summed E-state index contributed by atoms with van der Waals surface area (Å²) in [5.74, 6) is -0.361. The Kier molecular flexibility index (Phi) is 3.47. The molecule has 2 aliphatic rings. The van der Waals surface area contributed by atoms with Crippen molar-refractivity contribution in [3.05, 3.63) is 59.7 Å². The van der Waals surface area contributed by atoms with Crippen LogP contribution >= 0.6 is 0 Å². The van der Waals surface area contributed by atoms with Crippen LogP contribution in [0.5, 0.6) is 17.2 Å². The molecule has 2 heterocycles. The second-order valence-corrected chi connectivity index (χ2v) is 5.58. The maximum absolute atomic E-state index is 12.3. The van der Waals surface area contributed by atoms with Crippen molar-refractivity contribution < 1.29 is 19.4 Å². The predicted molar refractivity (Wildman–Crippen MR) is 89.3 cm³/mol. The van der Waals surface area contributed by atoms with Gasteiger partial charge in [0.1, 0.15) is 5.75 Å². The second kappa shape index (κ2) is 5.80. The summed E-state index contributed by atoms with van der Waals surface area (Å²) in [6.07, 6.45) is 1.65. The van der Waals surface area contributed by atoms with Crippen LogP contribution in [0, 0.1) is 17.2 Å². The van der Waals surface area contributed by atoms with Gasteiger partial charge in [-0.2, -0.15) is 5.26 Å². The van der Waals surface area contributed by atoms with E-state index in [-0.39, 0.29) is 12.5 Å². The topological polar surface area (TPSA) is 91.9 Å². The van der Waals surface area contributed by atoms with Gasteiger partial charge >= 0.3 is 0 Å². The maximum Gasteiger partial charge on any atom is 0.268 e. The number of hydrogen-bond acceptors (Lipinski definition) is 5.